The van der Waals surface area contributed by atoms with Crippen molar-refractivity contribution in [3.05, 3.63) is 140 Å². The van der Waals surface area contributed by atoms with Gasteiger partial charge in [0.25, 0.3) is 0 Å². The van der Waals surface area contributed by atoms with E-state index in [2.05, 4.69) is 149 Å². The van der Waals surface area contributed by atoms with Gasteiger partial charge in [-0.25, -0.2) is 0 Å². The number of aromatic nitrogens is 1. The van der Waals surface area contributed by atoms with E-state index >= 15 is 0 Å². The molecule has 1 aliphatic heterocycles. The number of hydrogen-bond donors (Lipinski definition) is 0. The highest BCUT2D eigenvalue weighted by Crippen LogP contribution is 2.51. The molecule has 0 aliphatic carbocycles. The Balaban J connectivity index is 1.59. The van der Waals surface area contributed by atoms with E-state index in [0.717, 1.165) is 0 Å². The topological polar surface area (TPSA) is 8.17 Å². The average molecular weight is 502 g/mol. The van der Waals surface area contributed by atoms with Gasteiger partial charge < -0.3 is 9.38 Å². The molecule has 2 nitrogen and oxygen atoms in total. The van der Waals surface area contributed by atoms with E-state index in [4.69, 9.17) is 0 Å². The van der Waals surface area contributed by atoms with Crippen molar-refractivity contribution in [1.82, 2.24) is 4.57 Å². The van der Waals surface area contributed by atoms with Crippen LogP contribution in [0.3, 0.4) is 0 Å². The normalized spacial score (nSPS) is 12.6. The van der Waals surface area contributed by atoms with E-state index in [1.54, 1.807) is 0 Å². The summed E-state index contributed by atoms with van der Waals surface area (Å²) >= 11 is 1.90. The molecular weight excluding hydrogens is 479 g/mol. The number of anilines is 2. The Morgan fingerprint density at radius 3 is 1.84 bits per heavy atom. The maximum absolute atomic E-state index is 2.58. The molecule has 0 amide bonds. The van der Waals surface area contributed by atoms with Crippen molar-refractivity contribution in [1.29, 1.82) is 0 Å². The molecule has 4 heteroatoms. The number of benzene rings is 5. The Morgan fingerprint density at radius 2 is 1.11 bits per heavy atom. The molecule has 0 radical (unpaired) electrons. The Kier molecular flexibility index (Phi) is 4.82. The van der Waals surface area contributed by atoms with Gasteiger partial charge in [0, 0.05) is 21.5 Å². The van der Waals surface area contributed by atoms with E-state index in [0.29, 0.717) is 0 Å². The van der Waals surface area contributed by atoms with Gasteiger partial charge in [0.15, 0.2) is 0 Å². The molecule has 0 spiro atoms. The minimum atomic E-state index is 0.0222. The van der Waals surface area contributed by atoms with Crippen LogP contribution in [0.1, 0.15) is 0 Å². The predicted octanol–water partition coefficient (Wildman–Crippen LogP) is 7.77. The van der Waals surface area contributed by atoms with Gasteiger partial charge in [-0.3, -0.25) is 0 Å². The Hall–Kier alpha value is -4.54. The van der Waals surface area contributed by atoms with E-state index in [9.17, 15) is 0 Å². The van der Waals surface area contributed by atoms with Crippen LogP contribution in [0.5, 0.6) is 0 Å². The zero-order valence-electron chi connectivity index (χ0n) is 20.7. The minimum Gasteiger partial charge on any atom is -0.375 e. The fourth-order valence-corrected chi connectivity index (χ4v) is 7.36. The number of rotatable bonds is 3. The second-order valence-electron chi connectivity index (χ2n) is 9.75. The Labute approximate surface area is 226 Å². The molecule has 0 N–H and O–H groups in total. The second kappa shape index (κ2) is 8.51. The van der Waals surface area contributed by atoms with Gasteiger partial charge >= 0.3 is 6.85 Å². The third-order valence-corrected chi connectivity index (χ3v) is 8.80. The molecule has 7 aromatic rings. The van der Waals surface area contributed by atoms with Crippen LogP contribution in [-0.2, 0) is 0 Å². The van der Waals surface area contributed by atoms with Crippen molar-refractivity contribution < 1.29 is 0 Å². The summed E-state index contributed by atoms with van der Waals surface area (Å²) in [5, 5.41) is 2.59. The fraction of sp³-hybridized carbons (Fsp3) is 0. The zero-order valence-corrected chi connectivity index (χ0v) is 21.5. The number of thiophene rings is 1. The second-order valence-corrected chi connectivity index (χ2v) is 10.8. The molecule has 0 fully saturated rings. The number of fused-ring (bicyclic) bond motifs is 7. The summed E-state index contributed by atoms with van der Waals surface area (Å²) in [5.41, 5.74) is 8.87. The maximum Gasteiger partial charge on any atom is 0.331 e. The lowest BCUT2D eigenvalue weighted by Crippen LogP contribution is -2.57. The monoisotopic (exact) mass is 502 g/mol. The SMILES string of the molecule is c1ccc(B2c3c(n(-c4ccccc4)c4ccccc34)-c3sc4ccccc4c3N2c2ccccc2)cc1. The van der Waals surface area contributed by atoms with Gasteiger partial charge in [0.2, 0.25) is 0 Å². The van der Waals surface area contributed by atoms with Crippen LogP contribution in [0.4, 0.5) is 11.4 Å². The third-order valence-electron chi connectivity index (χ3n) is 7.63. The number of para-hydroxylation sites is 3. The van der Waals surface area contributed by atoms with E-state index in [1.807, 2.05) is 11.3 Å². The van der Waals surface area contributed by atoms with Gasteiger partial charge in [-0.1, -0.05) is 109 Å². The zero-order chi connectivity index (χ0) is 25.1. The fourth-order valence-electron chi connectivity index (χ4n) is 6.12. The Morgan fingerprint density at radius 1 is 0.526 bits per heavy atom. The first-order valence-electron chi connectivity index (χ1n) is 13.0. The quantitative estimate of drug-likeness (QED) is 0.224. The molecule has 0 bridgehead atoms. The lowest BCUT2D eigenvalue weighted by molar-refractivity contribution is 1.14. The van der Waals surface area contributed by atoms with E-state index in [-0.39, 0.29) is 6.85 Å². The summed E-state index contributed by atoms with van der Waals surface area (Å²) in [6.45, 7) is 0.0222. The van der Waals surface area contributed by atoms with Crippen molar-refractivity contribution >= 4 is 61.5 Å². The van der Waals surface area contributed by atoms with E-state index < -0.39 is 0 Å². The molecule has 5 aromatic carbocycles. The molecular formula is C34H23BN2S. The summed E-state index contributed by atoms with van der Waals surface area (Å²) in [7, 11) is 0. The van der Waals surface area contributed by atoms with Crippen LogP contribution in [0.25, 0.3) is 37.2 Å². The summed E-state index contributed by atoms with van der Waals surface area (Å²) in [6.07, 6.45) is 0. The van der Waals surface area contributed by atoms with Crippen LogP contribution in [0.15, 0.2) is 140 Å². The molecule has 0 saturated heterocycles. The molecule has 0 unspecified atom stereocenters. The van der Waals surface area contributed by atoms with Crippen molar-refractivity contribution in [3.8, 4) is 16.3 Å². The first-order valence-corrected chi connectivity index (χ1v) is 13.8. The van der Waals surface area contributed by atoms with Crippen molar-refractivity contribution in [3.63, 3.8) is 0 Å². The molecule has 8 rings (SSSR count). The molecule has 2 aromatic heterocycles. The van der Waals surface area contributed by atoms with Crippen LogP contribution in [-0.4, -0.2) is 11.4 Å². The van der Waals surface area contributed by atoms with Crippen LogP contribution in [0, 0.1) is 0 Å². The van der Waals surface area contributed by atoms with Crippen molar-refractivity contribution in [2.24, 2.45) is 0 Å². The molecule has 38 heavy (non-hydrogen) atoms. The summed E-state index contributed by atoms with van der Waals surface area (Å²) < 4.78 is 3.79. The third kappa shape index (κ3) is 3.07. The van der Waals surface area contributed by atoms with Gasteiger partial charge in [-0.15, -0.1) is 11.3 Å². The van der Waals surface area contributed by atoms with Gasteiger partial charge in [0.05, 0.1) is 21.8 Å². The van der Waals surface area contributed by atoms with Gasteiger partial charge in [0.1, 0.15) is 0 Å². The highest BCUT2D eigenvalue weighted by atomic mass is 32.1. The summed E-state index contributed by atoms with van der Waals surface area (Å²) in [6, 6.07) is 50.4. The first kappa shape index (κ1) is 21.5. The first-order chi connectivity index (χ1) is 18.9. The Bertz CT molecular complexity index is 1920. The predicted molar refractivity (Wildman–Crippen MR) is 164 cm³/mol. The molecule has 3 heterocycles. The van der Waals surface area contributed by atoms with Crippen molar-refractivity contribution in [2.75, 3.05) is 4.81 Å². The lowest BCUT2D eigenvalue weighted by atomic mass is 9.46. The minimum absolute atomic E-state index is 0.0222. The average Bonchev–Trinajstić information content (AvgIpc) is 3.54. The molecule has 0 saturated carbocycles. The van der Waals surface area contributed by atoms with Gasteiger partial charge in [-0.05, 0) is 47.2 Å². The standard InChI is InChI=1S/C34H23BN2S/c1-4-14-24(15-5-1)35-31-27-20-10-12-22-29(27)36(25-16-6-2-7-17-25)33(31)34-32(28-21-11-13-23-30(28)38-34)37(35)26-18-8-3-9-19-26/h1-23H. The summed E-state index contributed by atoms with van der Waals surface area (Å²) in [4.78, 5) is 3.89. The number of hydrogen-bond acceptors (Lipinski definition) is 2. The molecule has 178 valence electrons. The van der Waals surface area contributed by atoms with Crippen LogP contribution in [0.2, 0.25) is 0 Å². The molecule has 1 aliphatic rings. The van der Waals surface area contributed by atoms with Crippen LogP contribution < -0.4 is 15.7 Å². The van der Waals surface area contributed by atoms with E-state index in [1.165, 1.54) is 59.5 Å². The highest BCUT2D eigenvalue weighted by molar-refractivity contribution is 7.23. The van der Waals surface area contributed by atoms with Crippen molar-refractivity contribution in [2.45, 2.75) is 0 Å². The highest BCUT2D eigenvalue weighted by Gasteiger charge is 2.43. The largest absolute Gasteiger partial charge is 0.375 e. The smallest absolute Gasteiger partial charge is 0.331 e. The summed E-state index contributed by atoms with van der Waals surface area (Å²) in [5.74, 6) is 0. The molecule has 0 atom stereocenters. The maximum atomic E-state index is 2.58. The number of nitrogens with zero attached hydrogens (tertiary/aromatic N) is 2. The van der Waals surface area contributed by atoms with Crippen LogP contribution >= 0.6 is 11.3 Å². The lowest BCUT2D eigenvalue weighted by Gasteiger charge is -2.37. The van der Waals surface area contributed by atoms with Gasteiger partial charge in [-0.2, -0.15) is 0 Å².